The Balaban J connectivity index is 2.04. The van der Waals surface area contributed by atoms with Gasteiger partial charge in [0.2, 0.25) is 0 Å². The van der Waals surface area contributed by atoms with Gasteiger partial charge in [-0.3, -0.25) is 0 Å². The zero-order valence-corrected chi connectivity index (χ0v) is 13.0. The van der Waals surface area contributed by atoms with Crippen molar-refractivity contribution in [3.05, 3.63) is 58.6 Å². The first kappa shape index (κ1) is 14.2. The highest BCUT2D eigenvalue weighted by Crippen LogP contribution is 2.31. The normalized spacial score (nSPS) is 11.2. The van der Waals surface area contributed by atoms with Gasteiger partial charge in [-0.25, -0.2) is 0 Å². The third kappa shape index (κ3) is 2.97. The first-order chi connectivity index (χ1) is 10.2. The van der Waals surface area contributed by atoms with Gasteiger partial charge in [-0.1, -0.05) is 30.7 Å². The molecule has 2 aromatic carbocycles. The van der Waals surface area contributed by atoms with Crippen LogP contribution >= 0.6 is 11.6 Å². The molecular weight excluding hydrogens is 282 g/mol. The van der Waals surface area contributed by atoms with Crippen molar-refractivity contribution < 1.29 is 4.42 Å². The quantitative estimate of drug-likeness (QED) is 0.719. The topological polar surface area (TPSA) is 25.2 Å². The van der Waals surface area contributed by atoms with Crippen LogP contribution in [0, 0.1) is 6.92 Å². The van der Waals surface area contributed by atoms with Crippen LogP contribution in [0.3, 0.4) is 0 Å². The molecule has 1 heterocycles. The van der Waals surface area contributed by atoms with Crippen LogP contribution in [0.5, 0.6) is 0 Å². The van der Waals surface area contributed by atoms with Gasteiger partial charge in [0.05, 0.1) is 0 Å². The molecule has 0 saturated carbocycles. The number of fused-ring (bicyclic) bond motifs is 1. The summed E-state index contributed by atoms with van der Waals surface area (Å²) in [6.07, 6.45) is 0. The summed E-state index contributed by atoms with van der Waals surface area (Å²) in [4.78, 5) is 0. The first-order valence-corrected chi connectivity index (χ1v) is 7.55. The molecule has 0 aliphatic rings. The number of hydrogen-bond donors (Lipinski definition) is 1. The fourth-order valence-corrected chi connectivity index (χ4v) is 2.64. The van der Waals surface area contributed by atoms with E-state index in [0.717, 1.165) is 40.4 Å². The highest BCUT2D eigenvalue weighted by atomic mass is 35.5. The van der Waals surface area contributed by atoms with E-state index in [1.807, 2.05) is 18.2 Å². The lowest BCUT2D eigenvalue weighted by molar-refractivity contribution is 0.630. The number of rotatable bonds is 4. The standard InChI is InChI=1S/C18H18ClNO/c1-3-20-11-13-5-4-12(2)16(8-13)18-10-14-9-15(19)6-7-17(14)21-18/h4-10,20H,3,11H2,1-2H3. The second-order valence-corrected chi connectivity index (χ2v) is 5.66. The van der Waals surface area contributed by atoms with Gasteiger partial charge in [-0.15, -0.1) is 0 Å². The largest absolute Gasteiger partial charge is 0.456 e. The van der Waals surface area contributed by atoms with E-state index in [9.17, 15) is 0 Å². The molecule has 2 nitrogen and oxygen atoms in total. The third-order valence-electron chi connectivity index (χ3n) is 3.62. The van der Waals surface area contributed by atoms with Crippen LogP contribution in [-0.4, -0.2) is 6.54 Å². The molecule has 0 atom stereocenters. The first-order valence-electron chi connectivity index (χ1n) is 7.17. The number of halogens is 1. The molecule has 0 amide bonds. The Bertz CT molecular complexity index is 776. The van der Waals surface area contributed by atoms with E-state index in [1.165, 1.54) is 11.1 Å². The van der Waals surface area contributed by atoms with Gasteiger partial charge in [0.15, 0.2) is 0 Å². The Labute approximate surface area is 129 Å². The number of hydrogen-bond acceptors (Lipinski definition) is 2. The molecule has 0 bridgehead atoms. The van der Waals surface area contributed by atoms with Crippen LogP contribution in [-0.2, 0) is 6.54 Å². The number of benzene rings is 2. The summed E-state index contributed by atoms with van der Waals surface area (Å²) in [5.41, 5.74) is 4.47. The fourth-order valence-electron chi connectivity index (χ4n) is 2.46. The van der Waals surface area contributed by atoms with Crippen molar-refractivity contribution in [1.82, 2.24) is 5.32 Å². The van der Waals surface area contributed by atoms with Crippen LogP contribution < -0.4 is 5.32 Å². The number of furan rings is 1. The Kier molecular flexibility index (Phi) is 4.00. The Morgan fingerprint density at radius 3 is 2.76 bits per heavy atom. The van der Waals surface area contributed by atoms with Crippen LogP contribution in [0.4, 0.5) is 0 Å². The van der Waals surface area contributed by atoms with Gasteiger partial charge in [0.25, 0.3) is 0 Å². The fraction of sp³-hybridized carbons (Fsp3) is 0.222. The predicted octanol–water partition coefficient (Wildman–Crippen LogP) is 5.17. The highest BCUT2D eigenvalue weighted by Gasteiger charge is 2.10. The highest BCUT2D eigenvalue weighted by molar-refractivity contribution is 6.31. The third-order valence-corrected chi connectivity index (χ3v) is 3.86. The van der Waals surface area contributed by atoms with Crippen LogP contribution in [0.1, 0.15) is 18.1 Å². The lowest BCUT2D eigenvalue weighted by Gasteiger charge is -2.07. The van der Waals surface area contributed by atoms with Crippen molar-refractivity contribution in [3.63, 3.8) is 0 Å². The molecule has 1 aromatic heterocycles. The molecule has 1 N–H and O–H groups in total. The van der Waals surface area contributed by atoms with Crippen molar-refractivity contribution in [2.45, 2.75) is 20.4 Å². The lowest BCUT2D eigenvalue weighted by atomic mass is 10.0. The molecule has 21 heavy (non-hydrogen) atoms. The van der Waals surface area contributed by atoms with E-state index >= 15 is 0 Å². The van der Waals surface area contributed by atoms with Gasteiger partial charge in [-0.05, 0) is 54.9 Å². The Hall–Kier alpha value is -1.77. The summed E-state index contributed by atoms with van der Waals surface area (Å²) in [6, 6.07) is 14.2. The average molecular weight is 300 g/mol. The van der Waals surface area contributed by atoms with Crippen LogP contribution in [0.2, 0.25) is 5.02 Å². The van der Waals surface area contributed by atoms with Crippen molar-refractivity contribution >= 4 is 22.6 Å². The molecule has 0 saturated heterocycles. The molecule has 3 aromatic rings. The molecule has 108 valence electrons. The van der Waals surface area contributed by atoms with Crippen molar-refractivity contribution in [2.75, 3.05) is 6.54 Å². The van der Waals surface area contributed by atoms with Crippen LogP contribution in [0.15, 0.2) is 46.9 Å². The molecular formula is C18H18ClNO. The minimum atomic E-state index is 0.729. The molecule has 0 spiro atoms. The number of aryl methyl sites for hydroxylation is 1. The van der Waals surface area contributed by atoms with Crippen molar-refractivity contribution in [2.24, 2.45) is 0 Å². The zero-order chi connectivity index (χ0) is 14.8. The van der Waals surface area contributed by atoms with Gasteiger partial charge >= 0.3 is 0 Å². The van der Waals surface area contributed by atoms with Crippen molar-refractivity contribution in [3.8, 4) is 11.3 Å². The zero-order valence-electron chi connectivity index (χ0n) is 12.2. The maximum atomic E-state index is 6.04. The van der Waals surface area contributed by atoms with Gasteiger partial charge in [0.1, 0.15) is 11.3 Å². The predicted molar refractivity (Wildman–Crippen MR) is 88.8 cm³/mol. The summed E-state index contributed by atoms with van der Waals surface area (Å²) >= 11 is 6.04. The van der Waals surface area contributed by atoms with E-state index in [0.29, 0.717) is 0 Å². The van der Waals surface area contributed by atoms with Gasteiger partial charge in [0, 0.05) is 22.5 Å². The van der Waals surface area contributed by atoms with Crippen LogP contribution in [0.25, 0.3) is 22.3 Å². The van der Waals surface area contributed by atoms with E-state index < -0.39 is 0 Å². The SMILES string of the molecule is CCNCc1ccc(C)c(-c2cc3cc(Cl)ccc3o2)c1. The average Bonchev–Trinajstić information content (AvgIpc) is 2.89. The second-order valence-electron chi connectivity index (χ2n) is 5.22. The maximum Gasteiger partial charge on any atom is 0.135 e. The molecule has 0 unspecified atom stereocenters. The van der Waals surface area contributed by atoms with E-state index in [-0.39, 0.29) is 0 Å². The number of nitrogens with one attached hydrogen (secondary N) is 1. The van der Waals surface area contributed by atoms with E-state index in [2.05, 4.69) is 43.4 Å². The van der Waals surface area contributed by atoms with E-state index in [4.69, 9.17) is 16.0 Å². The Morgan fingerprint density at radius 2 is 1.95 bits per heavy atom. The molecule has 3 heteroatoms. The summed E-state index contributed by atoms with van der Waals surface area (Å²) in [5, 5.41) is 5.11. The van der Waals surface area contributed by atoms with E-state index in [1.54, 1.807) is 0 Å². The second kappa shape index (κ2) is 5.92. The minimum Gasteiger partial charge on any atom is -0.456 e. The minimum absolute atomic E-state index is 0.729. The lowest BCUT2D eigenvalue weighted by Crippen LogP contribution is -2.11. The summed E-state index contributed by atoms with van der Waals surface area (Å²) < 4.78 is 5.97. The van der Waals surface area contributed by atoms with Gasteiger partial charge < -0.3 is 9.73 Å². The molecule has 0 fully saturated rings. The smallest absolute Gasteiger partial charge is 0.135 e. The molecule has 0 radical (unpaired) electrons. The Morgan fingerprint density at radius 1 is 1.10 bits per heavy atom. The molecule has 0 aliphatic heterocycles. The maximum absolute atomic E-state index is 6.04. The van der Waals surface area contributed by atoms with Gasteiger partial charge in [-0.2, -0.15) is 0 Å². The van der Waals surface area contributed by atoms with Crippen molar-refractivity contribution in [1.29, 1.82) is 0 Å². The summed E-state index contributed by atoms with van der Waals surface area (Å²) in [6.45, 7) is 6.05. The summed E-state index contributed by atoms with van der Waals surface area (Å²) in [7, 11) is 0. The monoisotopic (exact) mass is 299 g/mol. The summed E-state index contributed by atoms with van der Waals surface area (Å²) in [5.74, 6) is 0.892. The molecule has 3 rings (SSSR count). The molecule has 0 aliphatic carbocycles.